The molecule has 7 heteroatoms. The molecule has 1 aliphatic heterocycles. The van der Waals surface area contributed by atoms with Crippen LogP contribution in [-0.4, -0.2) is 56.8 Å². The third-order valence-electron chi connectivity index (χ3n) is 4.62. The summed E-state index contributed by atoms with van der Waals surface area (Å²) in [5, 5.41) is -0.432. The van der Waals surface area contributed by atoms with Crippen molar-refractivity contribution in [1.82, 2.24) is 9.62 Å². The van der Waals surface area contributed by atoms with E-state index in [4.69, 9.17) is 4.74 Å². The molecule has 0 aromatic carbocycles. The van der Waals surface area contributed by atoms with Gasteiger partial charge in [-0.25, -0.2) is 13.1 Å². The lowest BCUT2D eigenvalue weighted by molar-refractivity contribution is -0.146. The molecule has 2 aliphatic rings. The van der Waals surface area contributed by atoms with E-state index < -0.39 is 15.3 Å². The van der Waals surface area contributed by atoms with Gasteiger partial charge in [0.15, 0.2) is 0 Å². The van der Waals surface area contributed by atoms with Crippen LogP contribution in [0.15, 0.2) is 0 Å². The summed E-state index contributed by atoms with van der Waals surface area (Å²) in [5.74, 6) is -0.309. The van der Waals surface area contributed by atoms with E-state index in [0.717, 1.165) is 38.6 Å². The third-order valence-corrected chi connectivity index (χ3v) is 6.55. The van der Waals surface area contributed by atoms with Gasteiger partial charge in [-0.1, -0.05) is 12.8 Å². The van der Waals surface area contributed by atoms with Crippen molar-refractivity contribution in [2.24, 2.45) is 0 Å². The maximum absolute atomic E-state index is 12.5. The summed E-state index contributed by atoms with van der Waals surface area (Å²) in [4.78, 5) is 13.5. The molecule has 1 heterocycles. The fourth-order valence-corrected chi connectivity index (χ4v) is 5.02. The Morgan fingerprint density at radius 2 is 1.90 bits per heavy atom. The number of hydrogen-bond acceptors (Lipinski definition) is 5. The van der Waals surface area contributed by atoms with Crippen LogP contribution >= 0.6 is 0 Å². The summed E-state index contributed by atoms with van der Waals surface area (Å²) in [6, 6.07) is -0.289. The lowest BCUT2D eigenvalue weighted by Crippen LogP contribution is -2.52. The highest BCUT2D eigenvalue weighted by Crippen LogP contribution is 2.23. The first-order valence-corrected chi connectivity index (χ1v) is 9.31. The van der Waals surface area contributed by atoms with E-state index in [0.29, 0.717) is 13.0 Å². The van der Waals surface area contributed by atoms with E-state index in [1.54, 1.807) is 6.92 Å². The summed E-state index contributed by atoms with van der Waals surface area (Å²) in [5.41, 5.74) is 0. The van der Waals surface area contributed by atoms with Crippen molar-refractivity contribution in [1.29, 1.82) is 0 Å². The first kappa shape index (κ1) is 16.7. The Hall–Kier alpha value is -0.660. The maximum Gasteiger partial charge on any atom is 0.322 e. The van der Waals surface area contributed by atoms with Gasteiger partial charge in [0.1, 0.15) is 6.04 Å². The normalized spacial score (nSPS) is 26.7. The van der Waals surface area contributed by atoms with Gasteiger partial charge in [0, 0.05) is 12.6 Å². The van der Waals surface area contributed by atoms with Crippen molar-refractivity contribution in [2.45, 2.75) is 62.8 Å². The van der Waals surface area contributed by atoms with Crippen molar-refractivity contribution in [2.75, 3.05) is 20.2 Å². The molecule has 2 atom stereocenters. The van der Waals surface area contributed by atoms with E-state index in [1.165, 1.54) is 7.11 Å². The van der Waals surface area contributed by atoms with Crippen molar-refractivity contribution >= 4 is 16.0 Å². The number of hydrogen-bond donors (Lipinski definition) is 1. The van der Waals surface area contributed by atoms with E-state index in [1.807, 2.05) is 4.90 Å². The van der Waals surface area contributed by atoms with Gasteiger partial charge in [-0.3, -0.25) is 9.69 Å². The molecule has 122 valence electrons. The van der Waals surface area contributed by atoms with Gasteiger partial charge in [0.25, 0.3) is 0 Å². The molecule has 0 spiro atoms. The minimum absolute atomic E-state index is 0.100. The number of nitrogens with one attached hydrogen (secondary N) is 1. The SMILES string of the molecule is COC(=O)[C@H](C)N1CCC[C@@H](S(=O)(=O)NC2CCCC2)C1. The molecule has 0 aromatic heterocycles. The zero-order valence-electron chi connectivity index (χ0n) is 12.9. The average molecular weight is 318 g/mol. The first-order chi connectivity index (χ1) is 9.94. The standard InChI is InChI=1S/C14H26N2O4S/c1-11(14(17)20-2)16-9-5-8-13(10-16)21(18,19)15-12-6-3-4-7-12/h11-13,15H,3-10H2,1-2H3/t11-,13+/m0/s1. The Bertz CT molecular complexity index is 460. The van der Waals surface area contributed by atoms with Crippen LogP contribution < -0.4 is 4.72 Å². The Morgan fingerprint density at radius 1 is 1.24 bits per heavy atom. The number of carbonyl (C=O) groups is 1. The van der Waals surface area contributed by atoms with Crippen LogP contribution in [0.25, 0.3) is 0 Å². The maximum atomic E-state index is 12.5. The van der Waals surface area contributed by atoms with Gasteiger partial charge in [-0.05, 0) is 39.2 Å². The quantitative estimate of drug-likeness (QED) is 0.761. The summed E-state index contributed by atoms with van der Waals surface area (Å²) in [6.45, 7) is 2.91. The topological polar surface area (TPSA) is 75.7 Å². The molecule has 1 saturated heterocycles. The number of carbonyl (C=O) groups excluding carboxylic acids is 1. The third kappa shape index (κ3) is 4.17. The van der Waals surface area contributed by atoms with Gasteiger partial charge >= 0.3 is 5.97 Å². The lowest BCUT2D eigenvalue weighted by Gasteiger charge is -2.35. The van der Waals surface area contributed by atoms with E-state index in [-0.39, 0.29) is 18.1 Å². The Balaban J connectivity index is 1.97. The molecule has 0 amide bonds. The highest BCUT2D eigenvalue weighted by atomic mass is 32.2. The minimum atomic E-state index is -3.31. The van der Waals surface area contributed by atoms with Gasteiger partial charge in [-0.2, -0.15) is 0 Å². The van der Waals surface area contributed by atoms with Crippen LogP contribution in [0.5, 0.6) is 0 Å². The molecule has 0 bridgehead atoms. The van der Waals surface area contributed by atoms with Crippen LogP contribution in [0.1, 0.15) is 45.4 Å². The molecule has 1 N–H and O–H groups in total. The van der Waals surface area contributed by atoms with Gasteiger partial charge in [0.05, 0.1) is 12.4 Å². The monoisotopic (exact) mass is 318 g/mol. The second-order valence-corrected chi connectivity index (χ2v) is 8.09. The second-order valence-electron chi connectivity index (χ2n) is 6.10. The molecule has 1 aliphatic carbocycles. The molecule has 1 saturated carbocycles. The van der Waals surface area contributed by atoms with Gasteiger partial charge in [0.2, 0.25) is 10.0 Å². The van der Waals surface area contributed by atoms with E-state index in [9.17, 15) is 13.2 Å². The van der Waals surface area contributed by atoms with Crippen LogP contribution in [0.4, 0.5) is 0 Å². The van der Waals surface area contributed by atoms with Crippen LogP contribution in [-0.2, 0) is 19.6 Å². The molecular formula is C14H26N2O4S. The first-order valence-electron chi connectivity index (χ1n) is 7.77. The number of nitrogens with zero attached hydrogens (tertiary/aromatic N) is 1. The number of methoxy groups -OCH3 is 1. The number of esters is 1. The van der Waals surface area contributed by atoms with Crippen LogP contribution in [0, 0.1) is 0 Å². The summed E-state index contributed by atoms with van der Waals surface area (Å²) < 4.78 is 32.6. The number of piperidine rings is 1. The highest BCUT2D eigenvalue weighted by Gasteiger charge is 2.35. The number of sulfonamides is 1. The zero-order valence-corrected chi connectivity index (χ0v) is 13.7. The van der Waals surface area contributed by atoms with Gasteiger partial charge in [-0.15, -0.1) is 0 Å². The van der Waals surface area contributed by atoms with Crippen molar-refractivity contribution in [3.05, 3.63) is 0 Å². The van der Waals surface area contributed by atoms with Crippen molar-refractivity contribution < 1.29 is 17.9 Å². The minimum Gasteiger partial charge on any atom is -0.468 e. The van der Waals surface area contributed by atoms with E-state index >= 15 is 0 Å². The Kier molecular flexibility index (Phi) is 5.62. The lowest BCUT2D eigenvalue weighted by atomic mass is 10.1. The molecular weight excluding hydrogens is 292 g/mol. The average Bonchev–Trinajstić information content (AvgIpc) is 2.98. The number of rotatable bonds is 5. The molecule has 2 fully saturated rings. The number of likely N-dealkylation sites (tertiary alicyclic amines) is 1. The Labute approximate surface area is 127 Å². The molecule has 2 rings (SSSR count). The van der Waals surface area contributed by atoms with Crippen LogP contribution in [0.3, 0.4) is 0 Å². The molecule has 6 nitrogen and oxygen atoms in total. The second kappa shape index (κ2) is 7.07. The zero-order chi connectivity index (χ0) is 15.5. The fraction of sp³-hybridized carbons (Fsp3) is 0.929. The molecule has 0 radical (unpaired) electrons. The smallest absolute Gasteiger partial charge is 0.322 e. The predicted molar refractivity (Wildman–Crippen MR) is 80.4 cm³/mol. The van der Waals surface area contributed by atoms with Crippen molar-refractivity contribution in [3.63, 3.8) is 0 Å². The molecule has 21 heavy (non-hydrogen) atoms. The van der Waals surface area contributed by atoms with Crippen LogP contribution in [0.2, 0.25) is 0 Å². The predicted octanol–water partition coefficient (Wildman–Crippen LogP) is 0.874. The molecule has 0 aromatic rings. The fourth-order valence-electron chi connectivity index (χ4n) is 3.26. The summed E-state index contributed by atoms with van der Waals surface area (Å²) >= 11 is 0. The largest absolute Gasteiger partial charge is 0.468 e. The summed E-state index contributed by atoms with van der Waals surface area (Å²) in [6.07, 6.45) is 5.53. The van der Waals surface area contributed by atoms with Gasteiger partial charge < -0.3 is 4.74 Å². The molecule has 0 unspecified atom stereocenters. The highest BCUT2D eigenvalue weighted by molar-refractivity contribution is 7.90. The summed E-state index contributed by atoms with van der Waals surface area (Å²) in [7, 11) is -1.95. The van der Waals surface area contributed by atoms with Crippen molar-refractivity contribution in [3.8, 4) is 0 Å². The Morgan fingerprint density at radius 3 is 2.52 bits per heavy atom. The van der Waals surface area contributed by atoms with E-state index in [2.05, 4.69) is 4.72 Å². The number of ether oxygens (including phenoxy) is 1.